The number of β-lactam (4-membered cyclic amide) rings is 1. The third-order valence-electron chi connectivity index (χ3n) is 5.11. The van der Waals surface area contributed by atoms with Crippen molar-refractivity contribution in [1.82, 2.24) is 15.4 Å². The second-order valence-corrected chi connectivity index (χ2v) is 7.49. The van der Waals surface area contributed by atoms with Crippen molar-refractivity contribution >= 4 is 38.0 Å². The quantitative estimate of drug-likeness (QED) is 0.289. The molecule has 11 heteroatoms. The van der Waals surface area contributed by atoms with Crippen molar-refractivity contribution in [3.63, 3.8) is 0 Å². The number of nitrogens with zero attached hydrogens (tertiary/aromatic N) is 2. The van der Waals surface area contributed by atoms with Crippen LogP contribution in [0.2, 0.25) is 6.82 Å². The van der Waals surface area contributed by atoms with Crippen molar-refractivity contribution in [3.8, 4) is 0 Å². The van der Waals surface area contributed by atoms with Gasteiger partial charge < -0.3 is 0 Å². The van der Waals surface area contributed by atoms with Gasteiger partial charge in [-0.3, -0.25) is 0 Å². The minimum absolute atomic E-state index is 0.0576. The molecule has 30 heavy (non-hydrogen) atoms. The van der Waals surface area contributed by atoms with E-state index in [0.29, 0.717) is 12.7 Å². The summed E-state index contributed by atoms with van der Waals surface area (Å²) in [6.07, 6.45) is 1.04. The van der Waals surface area contributed by atoms with Crippen LogP contribution in [0.15, 0.2) is 29.3 Å². The van der Waals surface area contributed by atoms with Gasteiger partial charge in [-0.15, -0.1) is 0 Å². The third-order valence-corrected chi connectivity index (χ3v) is 5.11. The molecule has 1 fully saturated rings. The van der Waals surface area contributed by atoms with E-state index in [-0.39, 0.29) is 12.5 Å². The zero-order valence-electron chi connectivity index (χ0n) is 17.5. The Kier molecular flexibility index (Phi) is 8.19. The number of hydrogen-bond donors (Lipinski definition) is 3. The van der Waals surface area contributed by atoms with E-state index in [1.807, 2.05) is 19.1 Å². The SMILES string of the molecule is CB(O)N[C@H]1C(=O)N(C(=O)[C@H](CN=CB=O)[C@@H](C)NC(=O)c2ccc(C)cc2)[C@@H]1C. The fourth-order valence-corrected chi connectivity index (χ4v) is 3.35. The second kappa shape index (κ2) is 10.4. The van der Waals surface area contributed by atoms with Gasteiger partial charge in [0.15, 0.2) is 0 Å². The monoisotopic (exact) mass is 412 g/mol. The first-order valence-electron chi connectivity index (χ1n) is 9.79. The van der Waals surface area contributed by atoms with Crippen LogP contribution in [0.3, 0.4) is 0 Å². The number of benzene rings is 1. The molecule has 1 aromatic carbocycles. The van der Waals surface area contributed by atoms with Gasteiger partial charge in [-0.1, -0.05) is 0 Å². The Morgan fingerprint density at radius 1 is 1.37 bits per heavy atom. The molecule has 0 bridgehead atoms. The fraction of sp³-hybridized carbons (Fsp3) is 0.474. The molecular formula is C19H26B2N4O5. The normalized spacial score (nSPS) is 20.3. The Bertz CT molecular complexity index is 831. The molecule has 0 aliphatic carbocycles. The van der Waals surface area contributed by atoms with E-state index >= 15 is 0 Å². The van der Waals surface area contributed by atoms with E-state index in [1.54, 1.807) is 26.0 Å². The number of carbonyl (C=O) groups excluding carboxylic acids is 3. The van der Waals surface area contributed by atoms with Gasteiger partial charge in [0, 0.05) is 0 Å². The maximum atomic E-state index is 13.1. The molecule has 0 aromatic heterocycles. The van der Waals surface area contributed by atoms with Gasteiger partial charge in [0.25, 0.3) is 0 Å². The second-order valence-electron chi connectivity index (χ2n) is 7.49. The van der Waals surface area contributed by atoms with Gasteiger partial charge in [-0.2, -0.15) is 0 Å². The molecule has 9 nitrogen and oxygen atoms in total. The molecular weight excluding hydrogens is 386 g/mol. The molecule has 1 heterocycles. The molecule has 1 saturated heterocycles. The molecule has 3 amide bonds. The molecule has 1 aliphatic rings. The fourth-order valence-electron chi connectivity index (χ4n) is 3.35. The Labute approximate surface area is 176 Å². The minimum atomic E-state index is -0.889. The summed E-state index contributed by atoms with van der Waals surface area (Å²) >= 11 is 0. The molecule has 2 rings (SSSR count). The first kappa shape index (κ1) is 23.6. The van der Waals surface area contributed by atoms with Gasteiger partial charge in [0.2, 0.25) is 0 Å². The first-order valence-corrected chi connectivity index (χ1v) is 9.79. The van der Waals surface area contributed by atoms with E-state index in [4.69, 9.17) is 0 Å². The Hall–Kier alpha value is -2.65. The maximum absolute atomic E-state index is 13.1. The number of aliphatic imine (C=N–C) groups is 1. The van der Waals surface area contributed by atoms with Crippen LogP contribution in [-0.2, 0) is 14.3 Å². The number of carbonyl (C=O) groups is 3. The Balaban J connectivity index is 2.14. The van der Waals surface area contributed by atoms with Crippen LogP contribution in [0, 0.1) is 12.8 Å². The van der Waals surface area contributed by atoms with E-state index in [9.17, 15) is 24.1 Å². The molecule has 158 valence electrons. The topological polar surface area (TPSA) is 128 Å². The van der Waals surface area contributed by atoms with Gasteiger partial charge in [0.1, 0.15) is 0 Å². The van der Waals surface area contributed by atoms with Gasteiger partial charge in [-0.05, 0) is 0 Å². The van der Waals surface area contributed by atoms with E-state index < -0.39 is 42.9 Å². The van der Waals surface area contributed by atoms with Crippen LogP contribution in [-0.4, -0.2) is 72.6 Å². The van der Waals surface area contributed by atoms with Gasteiger partial charge in [0.05, 0.1) is 0 Å². The summed E-state index contributed by atoms with van der Waals surface area (Å²) in [5.74, 6) is -2.13. The third kappa shape index (κ3) is 5.48. The number of rotatable bonds is 9. The zero-order chi connectivity index (χ0) is 22.4. The van der Waals surface area contributed by atoms with Crippen molar-refractivity contribution in [1.29, 1.82) is 0 Å². The summed E-state index contributed by atoms with van der Waals surface area (Å²) in [4.78, 5) is 43.1. The van der Waals surface area contributed by atoms with Crippen molar-refractivity contribution in [2.24, 2.45) is 10.9 Å². The van der Waals surface area contributed by atoms with E-state index in [2.05, 4.69) is 15.5 Å². The van der Waals surface area contributed by atoms with Crippen LogP contribution in [0.4, 0.5) is 0 Å². The summed E-state index contributed by atoms with van der Waals surface area (Å²) in [7, 11) is -0.392. The summed E-state index contributed by atoms with van der Waals surface area (Å²) in [6.45, 7) is 6.70. The number of aryl methyl sites for hydroxylation is 1. The van der Waals surface area contributed by atoms with Crippen LogP contribution in [0.25, 0.3) is 0 Å². The van der Waals surface area contributed by atoms with E-state index in [1.165, 1.54) is 6.82 Å². The summed E-state index contributed by atoms with van der Waals surface area (Å²) < 4.78 is 10.6. The van der Waals surface area contributed by atoms with E-state index in [0.717, 1.165) is 16.6 Å². The van der Waals surface area contributed by atoms with Crippen LogP contribution in [0.1, 0.15) is 29.8 Å². The van der Waals surface area contributed by atoms with Gasteiger partial charge >= 0.3 is 176 Å². The average molecular weight is 412 g/mol. The Morgan fingerprint density at radius 2 is 2.00 bits per heavy atom. The molecule has 0 unspecified atom stereocenters. The molecule has 3 N–H and O–H groups in total. The molecule has 0 radical (unpaired) electrons. The summed E-state index contributed by atoms with van der Waals surface area (Å²) in [6, 6.07) is 5.23. The zero-order valence-corrected chi connectivity index (χ0v) is 17.5. The standard InChI is InChI=1S/C19H26B2N4O5/c1-11-5-7-14(8-6-11)17(26)23-12(2)15(9-22-10-20-29)18(27)25-13(3)16(19(25)28)24-21(4)30/h5-8,10,12-13,15-16,24,30H,9H2,1-4H3,(H,23,26)/t12-,13-,15-,16-/m1/s1. The Morgan fingerprint density at radius 3 is 2.53 bits per heavy atom. The molecule has 4 atom stereocenters. The van der Waals surface area contributed by atoms with Crippen molar-refractivity contribution in [3.05, 3.63) is 35.4 Å². The van der Waals surface area contributed by atoms with Crippen LogP contribution in [0.5, 0.6) is 0 Å². The number of nitrogens with one attached hydrogen (secondary N) is 2. The molecule has 0 spiro atoms. The molecule has 1 aliphatic heterocycles. The van der Waals surface area contributed by atoms with Crippen LogP contribution < -0.4 is 10.5 Å². The first-order chi connectivity index (χ1) is 14.2. The average Bonchev–Trinajstić information content (AvgIpc) is 2.69. The number of amides is 3. The predicted octanol–water partition coefficient (Wildman–Crippen LogP) is -0.367. The van der Waals surface area contributed by atoms with Crippen molar-refractivity contribution < 1.29 is 24.1 Å². The summed E-state index contributed by atoms with van der Waals surface area (Å²) in [5, 5.41) is 14.9. The van der Waals surface area contributed by atoms with Crippen molar-refractivity contribution in [2.45, 2.75) is 45.7 Å². The molecule has 0 saturated carbocycles. The predicted molar refractivity (Wildman–Crippen MR) is 113 cm³/mol. The molecule has 1 aromatic rings. The summed E-state index contributed by atoms with van der Waals surface area (Å²) in [5.41, 5.74) is 1.46. The van der Waals surface area contributed by atoms with Crippen molar-refractivity contribution in [2.75, 3.05) is 6.54 Å². The van der Waals surface area contributed by atoms with Crippen LogP contribution >= 0.6 is 0 Å². The number of hydrogen-bond acceptors (Lipinski definition) is 7. The number of imide groups is 1. The van der Waals surface area contributed by atoms with Gasteiger partial charge in [-0.25, -0.2) is 0 Å². The number of likely N-dealkylation sites (tertiary alicyclic amines) is 1.